The van der Waals surface area contributed by atoms with Gasteiger partial charge in [0.25, 0.3) is 5.56 Å². The second-order valence-electron chi connectivity index (χ2n) is 5.79. The Morgan fingerprint density at radius 1 is 1.32 bits per heavy atom. The van der Waals surface area contributed by atoms with E-state index in [1.165, 1.54) is 0 Å². The zero-order valence-electron chi connectivity index (χ0n) is 12.9. The molecule has 0 radical (unpaired) electrons. The summed E-state index contributed by atoms with van der Waals surface area (Å²) < 4.78 is 1.70. The first-order valence-electron chi connectivity index (χ1n) is 7.34. The molecule has 2 heterocycles. The van der Waals surface area contributed by atoms with Crippen molar-refractivity contribution in [1.29, 1.82) is 0 Å². The maximum absolute atomic E-state index is 12.2. The standard InChI is InChI=1S/C16H19N5O/c1-10(2)8-17-16-18-14-12(15(22)19-16)9-21(20-14)13-7-5-4-6-11(13)3/h4-7,9-10H,8H2,1-3H3,(H2,17,18,19,20,22). The van der Waals surface area contributed by atoms with Crippen LogP contribution in [0, 0.1) is 12.8 Å². The zero-order valence-corrected chi connectivity index (χ0v) is 12.9. The van der Waals surface area contributed by atoms with Gasteiger partial charge in [0.2, 0.25) is 5.95 Å². The summed E-state index contributed by atoms with van der Waals surface area (Å²) in [5.74, 6) is 0.923. The summed E-state index contributed by atoms with van der Waals surface area (Å²) in [4.78, 5) is 19.3. The van der Waals surface area contributed by atoms with Gasteiger partial charge in [0.05, 0.1) is 5.69 Å². The number of anilines is 1. The number of nitrogens with one attached hydrogen (secondary N) is 2. The first-order valence-corrected chi connectivity index (χ1v) is 7.34. The highest BCUT2D eigenvalue weighted by atomic mass is 16.1. The molecule has 0 atom stereocenters. The van der Waals surface area contributed by atoms with Crippen molar-refractivity contribution in [2.75, 3.05) is 11.9 Å². The molecule has 0 aliphatic carbocycles. The van der Waals surface area contributed by atoms with Gasteiger partial charge in [-0.05, 0) is 24.5 Å². The van der Waals surface area contributed by atoms with E-state index < -0.39 is 0 Å². The Morgan fingerprint density at radius 3 is 2.82 bits per heavy atom. The van der Waals surface area contributed by atoms with Crippen molar-refractivity contribution in [3.63, 3.8) is 0 Å². The van der Waals surface area contributed by atoms with Crippen LogP contribution in [0.5, 0.6) is 0 Å². The lowest BCUT2D eigenvalue weighted by atomic mass is 10.2. The molecule has 2 N–H and O–H groups in total. The van der Waals surface area contributed by atoms with Crippen molar-refractivity contribution >= 4 is 17.0 Å². The molecule has 114 valence electrons. The van der Waals surface area contributed by atoms with E-state index in [4.69, 9.17) is 0 Å². The van der Waals surface area contributed by atoms with E-state index in [9.17, 15) is 4.79 Å². The molecule has 3 aromatic rings. The van der Waals surface area contributed by atoms with E-state index >= 15 is 0 Å². The molecule has 6 nitrogen and oxygen atoms in total. The van der Waals surface area contributed by atoms with Gasteiger partial charge in [-0.1, -0.05) is 32.0 Å². The largest absolute Gasteiger partial charge is 0.355 e. The van der Waals surface area contributed by atoms with Gasteiger partial charge in [0.15, 0.2) is 5.65 Å². The van der Waals surface area contributed by atoms with Gasteiger partial charge in [0, 0.05) is 12.7 Å². The Morgan fingerprint density at radius 2 is 2.09 bits per heavy atom. The maximum atomic E-state index is 12.2. The number of aryl methyl sites for hydroxylation is 1. The molecule has 0 spiro atoms. The Labute approximate surface area is 128 Å². The summed E-state index contributed by atoms with van der Waals surface area (Å²) in [6.45, 7) is 6.94. The third-order valence-electron chi connectivity index (χ3n) is 3.43. The number of hydrogen-bond donors (Lipinski definition) is 2. The molecule has 1 aromatic carbocycles. The molecular weight excluding hydrogens is 278 g/mol. The molecule has 0 saturated heterocycles. The van der Waals surface area contributed by atoms with E-state index in [0.29, 0.717) is 22.9 Å². The van der Waals surface area contributed by atoms with Crippen LogP contribution in [0.3, 0.4) is 0 Å². The van der Waals surface area contributed by atoms with Crippen LogP contribution >= 0.6 is 0 Å². The van der Waals surface area contributed by atoms with E-state index in [0.717, 1.165) is 17.8 Å². The van der Waals surface area contributed by atoms with E-state index in [-0.39, 0.29) is 5.56 Å². The van der Waals surface area contributed by atoms with Gasteiger partial charge in [-0.2, -0.15) is 4.98 Å². The van der Waals surface area contributed by atoms with Crippen molar-refractivity contribution in [1.82, 2.24) is 19.7 Å². The number of fused-ring (bicyclic) bond motifs is 1. The molecule has 6 heteroatoms. The van der Waals surface area contributed by atoms with E-state index in [1.807, 2.05) is 31.2 Å². The van der Waals surface area contributed by atoms with Gasteiger partial charge in [-0.3, -0.25) is 9.78 Å². The number of benzene rings is 1. The topological polar surface area (TPSA) is 75.6 Å². The van der Waals surface area contributed by atoms with Crippen molar-refractivity contribution in [2.45, 2.75) is 20.8 Å². The molecule has 0 bridgehead atoms. The minimum Gasteiger partial charge on any atom is -0.355 e. The highest BCUT2D eigenvalue weighted by molar-refractivity contribution is 5.74. The predicted octanol–water partition coefficient (Wildman–Crippen LogP) is 2.49. The molecule has 2 aromatic heterocycles. The monoisotopic (exact) mass is 297 g/mol. The van der Waals surface area contributed by atoms with Crippen molar-refractivity contribution < 1.29 is 0 Å². The summed E-state index contributed by atoms with van der Waals surface area (Å²) in [5, 5.41) is 8.04. The SMILES string of the molecule is Cc1ccccc1-n1cc2c(=O)[nH]c(NCC(C)C)nc2n1. The lowest BCUT2D eigenvalue weighted by Gasteiger charge is -2.06. The number of H-pyrrole nitrogens is 1. The first kappa shape index (κ1) is 14.3. The minimum atomic E-state index is -0.184. The lowest BCUT2D eigenvalue weighted by Crippen LogP contribution is -2.15. The Kier molecular flexibility index (Phi) is 3.66. The van der Waals surface area contributed by atoms with Gasteiger partial charge < -0.3 is 5.32 Å². The summed E-state index contributed by atoms with van der Waals surface area (Å²) in [6, 6.07) is 7.89. The first-order chi connectivity index (χ1) is 10.5. The average molecular weight is 297 g/mol. The number of hydrogen-bond acceptors (Lipinski definition) is 4. The van der Waals surface area contributed by atoms with Gasteiger partial charge >= 0.3 is 0 Å². The van der Waals surface area contributed by atoms with Gasteiger partial charge in [-0.25, -0.2) is 4.68 Å². The predicted molar refractivity (Wildman–Crippen MR) is 87.6 cm³/mol. The highest BCUT2D eigenvalue weighted by Crippen LogP contribution is 2.15. The van der Waals surface area contributed by atoms with E-state index in [2.05, 4.69) is 34.2 Å². The summed E-state index contributed by atoms with van der Waals surface area (Å²) >= 11 is 0. The Bertz CT molecular complexity index is 862. The third-order valence-corrected chi connectivity index (χ3v) is 3.43. The lowest BCUT2D eigenvalue weighted by molar-refractivity contribution is 0.684. The molecule has 0 amide bonds. The molecule has 0 aliphatic heterocycles. The summed E-state index contributed by atoms with van der Waals surface area (Å²) in [6.07, 6.45) is 1.72. The Hall–Kier alpha value is -2.63. The van der Waals surface area contributed by atoms with Crippen molar-refractivity contribution in [2.24, 2.45) is 5.92 Å². The van der Waals surface area contributed by atoms with E-state index in [1.54, 1.807) is 10.9 Å². The molecule has 3 rings (SSSR count). The number of nitrogens with zero attached hydrogens (tertiary/aromatic N) is 3. The fourth-order valence-electron chi connectivity index (χ4n) is 2.24. The fourth-order valence-corrected chi connectivity index (χ4v) is 2.24. The highest BCUT2D eigenvalue weighted by Gasteiger charge is 2.10. The normalized spacial score (nSPS) is 11.3. The van der Waals surface area contributed by atoms with Crippen LogP contribution in [0.4, 0.5) is 5.95 Å². The van der Waals surface area contributed by atoms with Crippen LogP contribution in [-0.4, -0.2) is 26.3 Å². The molecule has 0 saturated carbocycles. The minimum absolute atomic E-state index is 0.184. The molecule has 22 heavy (non-hydrogen) atoms. The van der Waals surface area contributed by atoms with Gasteiger partial charge in [-0.15, -0.1) is 5.10 Å². The molecule has 0 aliphatic rings. The number of rotatable bonds is 4. The Balaban J connectivity index is 2.05. The van der Waals surface area contributed by atoms with Crippen LogP contribution in [0.15, 0.2) is 35.3 Å². The van der Waals surface area contributed by atoms with Crippen LogP contribution in [0.25, 0.3) is 16.7 Å². The zero-order chi connectivity index (χ0) is 15.7. The number of aromatic nitrogens is 4. The van der Waals surface area contributed by atoms with Crippen LogP contribution in [-0.2, 0) is 0 Å². The number of aromatic amines is 1. The third kappa shape index (κ3) is 2.72. The molecular formula is C16H19N5O. The smallest absolute Gasteiger partial charge is 0.263 e. The fraction of sp³-hybridized carbons (Fsp3) is 0.312. The average Bonchev–Trinajstić information content (AvgIpc) is 2.90. The van der Waals surface area contributed by atoms with Crippen LogP contribution in [0.2, 0.25) is 0 Å². The second-order valence-corrected chi connectivity index (χ2v) is 5.79. The van der Waals surface area contributed by atoms with Crippen LogP contribution < -0.4 is 10.9 Å². The van der Waals surface area contributed by atoms with Crippen molar-refractivity contribution in [3.8, 4) is 5.69 Å². The number of para-hydroxylation sites is 1. The maximum Gasteiger partial charge on any atom is 0.263 e. The second kappa shape index (κ2) is 5.63. The quantitative estimate of drug-likeness (QED) is 0.775. The van der Waals surface area contributed by atoms with Crippen LogP contribution in [0.1, 0.15) is 19.4 Å². The summed E-state index contributed by atoms with van der Waals surface area (Å²) in [7, 11) is 0. The van der Waals surface area contributed by atoms with Gasteiger partial charge in [0.1, 0.15) is 5.39 Å². The molecule has 0 unspecified atom stereocenters. The molecule has 0 fully saturated rings. The van der Waals surface area contributed by atoms with Crippen molar-refractivity contribution in [3.05, 3.63) is 46.4 Å². The summed E-state index contributed by atoms with van der Waals surface area (Å²) in [5.41, 5.74) is 2.29.